The highest BCUT2D eigenvalue weighted by Crippen LogP contribution is 2.37. The van der Waals surface area contributed by atoms with Crippen LogP contribution in [0.2, 0.25) is 0 Å². The molecule has 0 atom stereocenters. The Hall–Kier alpha value is -3.29. The van der Waals surface area contributed by atoms with Crippen molar-refractivity contribution in [2.45, 2.75) is 6.92 Å². The summed E-state index contributed by atoms with van der Waals surface area (Å²) in [6.07, 6.45) is 0. The third-order valence-electron chi connectivity index (χ3n) is 5.11. The fourth-order valence-corrected chi connectivity index (χ4v) is 3.64. The zero-order valence-electron chi connectivity index (χ0n) is 15.6. The lowest BCUT2D eigenvalue weighted by molar-refractivity contribution is -0.385. The van der Waals surface area contributed by atoms with Gasteiger partial charge in [-0.15, -0.1) is 0 Å². The highest BCUT2D eigenvalue weighted by molar-refractivity contribution is 5.99. The highest BCUT2D eigenvalue weighted by atomic mass is 16.6. The number of hydrogen-bond donors (Lipinski definition) is 0. The average molecular weight is 383 g/mol. The number of hydrogen-bond acceptors (Lipinski definition) is 6. The van der Waals surface area contributed by atoms with Crippen molar-refractivity contribution in [2.75, 3.05) is 44.3 Å². The van der Waals surface area contributed by atoms with Crippen LogP contribution in [-0.4, -0.2) is 55.1 Å². The summed E-state index contributed by atoms with van der Waals surface area (Å²) in [6.45, 7) is 5.10. The van der Waals surface area contributed by atoms with Crippen LogP contribution in [0.1, 0.15) is 15.9 Å². The summed E-state index contributed by atoms with van der Waals surface area (Å²) in [5, 5.41) is 11.5. The maximum Gasteiger partial charge on any atom is 0.286 e. The van der Waals surface area contributed by atoms with Crippen LogP contribution in [0.5, 0.6) is 11.5 Å². The number of para-hydroxylation sites is 1. The molecule has 0 aromatic heterocycles. The van der Waals surface area contributed by atoms with Crippen LogP contribution in [0.3, 0.4) is 0 Å². The Labute approximate surface area is 162 Å². The quantitative estimate of drug-likeness (QED) is 0.598. The van der Waals surface area contributed by atoms with Gasteiger partial charge in [0, 0.05) is 37.9 Å². The summed E-state index contributed by atoms with van der Waals surface area (Å²) >= 11 is 0. The monoisotopic (exact) mass is 383 g/mol. The van der Waals surface area contributed by atoms with E-state index in [2.05, 4.69) is 24.0 Å². The van der Waals surface area contributed by atoms with Gasteiger partial charge in [0.05, 0.1) is 11.0 Å². The number of aryl methyl sites for hydroxylation is 1. The number of nitro benzene ring substituents is 1. The smallest absolute Gasteiger partial charge is 0.286 e. The predicted octanol–water partition coefficient (Wildman–Crippen LogP) is 2.64. The zero-order chi connectivity index (χ0) is 19.7. The molecule has 1 saturated heterocycles. The Balaban J connectivity index is 1.54. The number of carbonyl (C=O) groups is 1. The van der Waals surface area contributed by atoms with Gasteiger partial charge < -0.3 is 19.3 Å². The number of nitrogens with zero attached hydrogens (tertiary/aromatic N) is 3. The Bertz CT molecular complexity index is 922. The van der Waals surface area contributed by atoms with Crippen molar-refractivity contribution in [3.63, 3.8) is 0 Å². The number of benzene rings is 2. The Kier molecular flexibility index (Phi) is 4.77. The minimum atomic E-state index is -0.547. The van der Waals surface area contributed by atoms with E-state index < -0.39 is 4.92 Å². The SMILES string of the molecule is Cc1ccccc1N1CCN(C(=O)c2cc3c(cc2[N+](=O)[O-])OCCO3)CC1. The fraction of sp³-hybridized carbons (Fsp3) is 0.350. The molecule has 2 aromatic carbocycles. The van der Waals surface area contributed by atoms with E-state index in [1.165, 1.54) is 17.7 Å². The number of anilines is 1. The molecule has 28 heavy (non-hydrogen) atoms. The van der Waals surface area contributed by atoms with Crippen LogP contribution in [-0.2, 0) is 0 Å². The first-order chi connectivity index (χ1) is 13.5. The van der Waals surface area contributed by atoms with Gasteiger partial charge in [0.2, 0.25) is 0 Å². The van der Waals surface area contributed by atoms with E-state index in [9.17, 15) is 14.9 Å². The van der Waals surface area contributed by atoms with Crippen molar-refractivity contribution in [3.8, 4) is 11.5 Å². The molecule has 8 nitrogen and oxygen atoms in total. The molecule has 146 valence electrons. The standard InChI is InChI=1S/C20H21N3O5/c1-14-4-2-3-5-16(14)21-6-8-22(9-7-21)20(24)15-12-18-19(28-11-10-27-18)13-17(15)23(25)26/h2-5,12-13H,6-11H2,1H3. The van der Waals surface area contributed by atoms with Crippen molar-refractivity contribution >= 4 is 17.3 Å². The van der Waals surface area contributed by atoms with Gasteiger partial charge in [-0.05, 0) is 18.6 Å². The van der Waals surface area contributed by atoms with Gasteiger partial charge in [0.15, 0.2) is 11.5 Å². The average Bonchev–Trinajstić information content (AvgIpc) is 2.73. The van der Waals surface area contributed by atoms with Gasteiger partial charge in [-0.2, -0.15) is 0 Å². The first-order valence-corrected chi connectivity index (χ1v) is 9.22. The van der Waals surface area contributed by atoms with E-state index in [4.69, 9.17) is 9.47 Å². The molecule has 0 spiro atoms. The molecule has 8 heteroatoms. The lowest BCUT2D eigenvalue weighted by Gasteiger charge is -2.36. The maximum absolute atomic E-state index is 13.0. The number of nitro groups is 1. The van der Waals surface area contributed by atoms with Crippen LogP contribution in [0.15, 0.2) is 36.4 Å². The fourth-order valence-electron chi connectivity index (χ4n) is 3.64. The van der Waals surface area contributed by atoms with Crippen molar-refractivity contribution < 1.29 is 19.2 Å². The number of carbonyl (C=O) groups excluding carboxylic acids is 1. The molecule has 0 bridgehead atoms. The lowest BCUT2D eigenvalue weighted by atomic mass is 10.1. The summed E-state index contributed by atoms with van der Waals surface area (Å²) in [5.74, 6) is 0.325. The molecule has 0 saturated carbocycles. The van der Waals surface area contributed by atoms with Crippen LogP contribution in [0.4, 0.5) is 11.4 Å². The highest BCUT2D eigenvalue weighted by Gasteiger charge is 2.31. The number of amides is 1. The first kappa shape index (κ1) is 18.1. The molecule has 2 aliphatic heterocycles. The minimum absolute atomic E-state index is 0.0404. The zero-order valence-corrected chi connectivity index (χ0v) is 15.6. The molecule has 2 heterocycles. The molecule has 0 radical (unpaired) electrons. The van der Waals surface area contributed by atoms with Crippen molar-refractivity contribution in [1.29, 1.82) is 0 Å². The van der Waals surface area contributed by atoms with Crippen LogP contribution >= 0.6 is 0 Å². The molecule has 1 fully saturated rings. The predicted molar refractivity (Wildman–Crippen MR) is 103 cm³/mol. The third-order valence-corrected chi connectivity index (χ3v) is 5.11. The van der Waals surface area contributed by atoms with E-state index in [1.807, 2.05) is 12.1 Å². The van der Waals surface area contributed by atoms with Crippen LogP contribution in [0, 0.1) is 17.0 Å². The van der Waals surface area contributed by atoms with E-state index >= 15 is 0 Å². The van der Waals surface area contributed by atoms with Crippen LogP contribution in [0.25, 0.3) is 0 Å². The Morgan fingerprint density at radius 1 is 1.04 bits per heavy atom. The summed E-state index contributed by atoms with van der Waals surface area (Å²) in [7, 11) is 0. The van der Waals surface area contributed by atoms with E-state index in [0.717, 1.165) is 5.69 Å². The molecule has 1 amide bonds. The summed E-state index contributed by atoms with van der Waals surface area (Å²) < 4.78 is 10.9. The topological polar surface area (TPSA) is 85.2 Å². The summed E-state index contributed by atoms with van der Waals surface area (Å²) in [6, 6.07) is 10.8. The number of fused-ring (bicyclic) bond motifs is 1. The van der Waals surface area contributed by atoms with Crippen molar-refractivity contribution in [1.82, 2.24) is 4.90 Å². The molecular weight excluding hydrogens is 362 g/mol. The van der Waals surface area contributed by atoms with E-state index in [-0.39, 0.29) is 17.2 Å². The molecule has 2 aliphatic rings. The second-order valence-electron chi connectivity index (χ2n) is 6.84. The van der Waals surface area contributed by atoms with Gasteiger partial charge in [-0.25, -0.2) is 0 Å². The Morgan fingerprint density at radius 3 is 2.32 bits per heavy atom. The minimum Gasteiger partial charge on any atom is -0.486 e. The van der Waals surface area contributed by atoms with Gasteiger partial charge in [-0.3, -0.25) is 14.9 Å². The summed E-state index contributed by atoms with van der Waals surface area (Å²) in [4.78, 5) is 27.9. The van der Waals surface area contributed by atoms with Gasteiger partial charge in [0.1, 0.15) is 18.8 Å². The normalized spacial score (nSPS) is 16.0. The molecule has 2 aromatic rings. The maximum atomic E-state index is 13.0. The summed E-state index contributed by atoms with van der Waals surface area (Å²) in [5.41, 5.74) is 2.12. The number of rotatable bonds is 3. The van der Waals surface area contributed by atoms with Crippen molar-refractivity contribution in [2.24, 2.45) is 0 Å². The number of piperazine rings is 1. The molecule has 0 unspecified atom stereocenters. The van der Waals surface area contributed by atoms with Gasteiger partial charge in [0.25, 0.3) is 11.6 Å². The van der Waals surface area contributed by atoms with Gasteiger partial charge in [-0.1, -0.05) is 18.2 Å². The molecule has 0 N–H and O–H groups in total. The van der Waals surface area contributed by atoms with E-state index in [1.54, 1.807) is 4.90 Å². The lowest BCUT2D eigenvalue weighted by Crippen LogP contribution is -2.49. The van der Waals surface area contributed by atoms with E-state index in [0.29, 0.717) is 50.9 Å². The Morgan fingerprint density at radius 2 is 1.68 bits per heavy atom. The first-order valence-electron chi connectivity index (χ1n) is 9.22. The second-order valence-corrected chi connectivity index (χ2v) is 6.84. The third kappa shape index (κ3) is 3.33. The largest absolute Gasteiger partial charge is 0.486 e. The van der Waals surface area contributed by atoms with Gasteiger partial charge >= 0.3 is 0 Å². The molecule has 0 aliphatic carbocycles. The molecular formula is C20H21N3O5. The van der Waals surface area contributed by atoms with Crippen molar-refractivity contribution in [3.05, 3.63) is 57.6 Å². The van der Waals surface area contributed by atoms with Crippen LogP contribution < -0.4 is 14.4 Å². The number of ether oxygens (including phenoxy) is 2. The second kappa shape index (κ2) is 7.38. The molecule has 4 rings (SSSR count).